The zero-order valence-corrected chi connectivity index (χ0v) is 11.6. The van der Waals surface area contributed by atoms with Crippen LogP contribution in [-0.2, 0) is 7.05 Å². The summed E-state index contributed by atoms with van der Waals surface area (Å²) in [4.78, 5) is 11.8. The fourth-order valence-electron chi connectivity index (χ4n) is 1.87. The van der Waals surface area contributed by atoms with Gasteiger partial charge >= 0.3 is 0 Å². The standard InChI is InChI=1S/C13H23N3O2/c1-5-6-10(17)8-14-13(18)11-7-12(9(2)3)16(4)15-11/h7,9-10,17H,5-6,8H2,1-4H3,(H,14,18). The third-order valence-corrected chi connectivity index (χ3v) is 2.86. The van der Waals surface area contributed by atoms with Crippen LogP contribution in [0.15, 0.2) is 6.07 Å². The zero-order chi connectivity index (χ0) is 13.7. The van der Waals surface area contributed by atoms with Gasteiger partial charge in [0.15, 0.2) is 0 Å². The second kappa shape index (κ2) is 6.54. The first-order valence-corrected chi connectivity index (χ1v) is 6.45. The highest BCUT2D eigenvalue weighted by Gasteiger charge is 2.15. The van der Waals surface area contributed by atoms with Gasteiger partial charge in [-0.2, -0.15) is 5.10 Å². The molecule has 2 N–H and O–H groups in total. The summed E-state index contributed by atoms with van der Waals surface area (Å²) in [6, 6.07) is 1.80. The van der Waals surface area contributed by atoms with Crippen LogP contribution in [0.2, 0.25) is 0 Å². The fraction of sp³-hybridized carbons (Fsp3) is 0.692. The molecule has 5 nitrogen and oxygen atoms in total. The Morgan fingerprint density at radius 3 is 2.72 bits per heavy atom. The van der Waals surface area contributed by atoms with Gasteiger partial charge in [0.25, 0.3) is 5.91 Å². The van der Waals surface area contributed by atoms with Gasteiger partial charge in [-0.15, -0.1) is 0 Å². The molecule has 0 radical (unpaired) electrons. The first-order valence-electron chi connectivity index (χ1n) is 6.45. The van der Waals surface area contributed by atoms with E-state index in [1.54, 1.807) is 10.7 Å². The monoisotopic (exact) mass is 253 g/mol. The molecule has 1 amide bonds. The molecule has 0 aliphatic carbocycles. The van der Waals surface area contributed by atoms with Gasteiger partial charge in [0, 0.05) is 19.3 Å². The van der Waals surface area contributed by atoms with Gasteiger partial charge in [-0.3, -0.25) is 9.48 Å². The molecule has 0 bridgehead atoms. The van der Waals surface area contributed by atoms with Gasteiger partial charge in [0.2, 0.25) is 0 Å². The maximum Gasteiger partial charge on any atom is 0.271 e. The van der Waals surface area contributed by atoms with Crippen molar-refractivity contribution in [1.82, 2.24) is 15.1 Å². The van der Waals surface area contributed by atoms with Crippen LogP contribution in [0, 0.1) is 0 Å². The number of amides is 1. The molecule has 0 saturated carbocycles. The van der Waals surface area contributed by atoms with E-state index in [1.165, 1.54) is 0 Å². The molecular weight excluding hydrogens is 230 g/mol. The second-order valence-electron chi connectivity index (χ2n) is 4.89. The van der Waals surface area contributed by atoms with E-state index in [4.69, 9.17) is 0 Å². The molecule has 18 heavy (non-hydrogen) atoms. The number of carbonyl (C=O) groups is 1. The topological polar surface area (TPSA) is 67.2 Å². The van der Waals surface area contributed by atoms with E-state index in [-0.39, 0.29) is 12.5 Å². The van der Waals surface area contributed by atoms with Gasteiger partial charge in [0.1, 0.15) is 5.69 Å². The lowest BCUT2D eigenvalue weighted by molar-refractivity contribution is 0.0904. The normalized spacial score (nSPS) is 12.8. The maximum atomic E-state index is 11.8. The minimum Gasteiger partial charge on any atom is -0.391 e. The number of rotatable bonds is 6. The molecule has 5 heteroatoms. The van der Waals surface area contributed by atoms with Crippen molar-refractivity contribution in [3.63, 3.8) is 0 Å². The lowest BCUT2D eigenvalue weighted by Crippen LogP contribution is -2.32. The first-order chi connectivity index (χ1) is 8.45. The van der Waals surface area contributed by atoms with Crippen LogP contribution < -0.4 is 5.32 Å². The SMILES string of the molecule is CCCC(O)CNC(=O)c1cc(C(C)C)n(C)n1. The zero-order valence-electron chi connectivity index (χ0n) is 11.6. The summed E-state index contributed by atoms with van der Waals surface area (Å²) in [7, 11) is 1.83. The molecule has 102 valence electrons. The van der Waals surface area contributed by atoms with Gasteiger partial charge in [-0.25, -0.2) is 0 Å². The molecule has 1 unspecified atom stereocenters. The van der Waals surface area contributed by atoms with Gasteiger partial charge < -0.3 is 10.4 Å². The summed E-state index contributed by atoms with van der Waals surface area (Å²) in [5.41, 5.74) is 1.43. The molecule has 0 aliphatic rings. The minimum atomic E-state index is -0.479. The number of aryl methyl sites for hydroxylation is 1. The van der Waals surface area contributed by atoms with E-state index >= 15 is 0 Å². The molecule has 0 spiro atoms. The Hall–Kier alpha value is -1.36. The molecule has 0 aromatic carbocycles. The number of nitrogens with one attached hydrogen (secondary N) is 1. The number of carbonyl (C=O) groups excluding carboxylic acids is 1. The summed E-state index contributed by atoms with van der Waals surface area (Å²) in [5.74, 6) is 0.0994. The van der Waals surface area contributed by atoms with Crippen LogP contribution >= 0.6 is 0 Å². The number of hydrogen-bond donors (Lipinski definition) is 2. The average molecular weight is 253 g/mol. The Morgan fingerprint density at radius 1 is 1.56 bits per heavy atom. The molecule has 0 saturated heterocycles. The van der Waals surface area contributed by atoms with Crippen LogP contribution in [0.4, 0.5) is 0 Å². The third kappa shape index (κ3) is 3.84. The first kappa shape index (κ1) is 14.7. The molecular formula is C13H23N3O2. The average Bonchev–Trinajstić information content (AvgIpc) is 2.69. The molecule has 1 heterocycles. The summed E-state index contributed by atoms with van der Waals surface area (Å²) >= 11 is 0. The van der Waals surface area contributed by atoms with Crippen molar-refractivity contribution in [1.29, 1.82) is 0 Å². The Labute approximate surface area is 108 Å². The Bertz CT molecular complexity index is 399. The highest BCUT2D eigenvalue weighted by atomic mass is 16.3. The van der Waals surface area contributed by atoms with Gasteiger partial charge in [-0.05, 0) is 18.4 Å². The number of aliphatic hydroxyl groups is 1. The van der Waals surface area contributed by atoms with E-state index < -0.39 is 6.10 Å². The molecule has 1 aromatic rings. The van der Waals surface area contributed by atoms with Crippen molar-refractivity contribution in [3.05, 3.63) is 17.5 Å². The molecule has 0 fully saturated rings. The van der Waals surface area contributed by atoms with E-state index in [1.807, 2.05) is 14.0 Å². The predicted molar refractivity (Wildman–Crippen MR) is 70.5 cm³/mol. The fourth-order valence-corrected chi connectivity index (χ4v) is 1.87. The number of hydrogen-bond acceptors (Lipinski definition) is 3. The van der Waals surface area contributed by atoms with Crippen molar-refractivity contribution in [2.75, 3.05) is 6.54 Å². The van der Waals surface area contributed by atoms with Crippen LogP contribution in [0.3, 0.4) is 0 Å². The quantitative estimate of drug-likeness (QED) is 0.806. The summed E-state index contributed by atoms with van der Waals surface area (Å²) in [5, 5.41) is 16.4. The molecule has 1 rings (SSSR count). The molecule has 1 aromatic heterocycles. The van der Waals surface area contributed by atoms with E-state index in [9.17, 15) is 9.90 Å². The van der Waals surface area contributed by atoms with Crippen molar-refractivity contribution in [3.8, 4) is 0 Å². The van der Waals surface area contributed by atoms with Crippen LogP contribution in [0.5, 0.6) is 0 Å². The lowest BCUT2D eigenvalue weighted by atomic mass is 10.1. The third-order valence-electron chi connectivity index (χ3n) is 2.86. The van der Waals surface area contributed by atoms with Crippen molar-refractivity contribution >= 4 is 5.91 Å². The van der Waals surface area contributed by atoms with Crippen LogP contribution in [0.25, 0.3) is 0 Å². The summed E-state index contributed by atoms with van der Waals surface area (Å²) in [6.07, 6.45) is 1.12. The Morgan fingerprint density at radius 2 is 2.22 bits per heavy atom. The smallest absolute Gasteiger partial charge is 0.271 e. The van der Waals surface area contributed by atoms with E-state index in [2.05, 4.69) is 24.3 Å². The largest absolute Gasteiger partial charge is 0.391 e. The lowest BCUT2D eigenvalue weighted by Gasteiger charge is -2.09. The van der Waals surface area contributed by atoms with E-state index in [0.29, 0.717) is 18.0 Å². The Kier molecular flexibility index (Phi) is 5.34. The van der Waals surface area contributed by atoms with Crippen molar-refractivity contribution in [2.45, 2.75) is 45.6 Å². The minimum absolute atomic E-state index is 0.229. The highest BCUT2D eigenvalue weighted by molar-refractivity contribution is 5.92. The van der Waals surface area contributed by atoms with Crippen molar-refractivity contribution in [2.24, 2.45) is 7.05 Å². The second-order valence-corrected chi connectivity index (χ2v) is 4.89. The van der Waals surface area contributed by atoms with E-state index in [0.717, 1.165) is 12.1 Å². The van der Waals surface area contributed by atoms with Crippen molar-refractivity contribution < 1.29 is 9.90 Å². The Balaban J connectivity index is 2.59. The maximum absolute atomic E-state index is 11.8. The predicted octanol–water partition coefficient (Wildman–Crippen LogP) is 1.43. The number of aromatic nitrogens is 2. The van der Waals surface area contributed by atoms with Gasteiger partial charge in [-0.1, -0.05) is 27.2 Å². The highest BCUT2D eigenvalue weighted by Crippen LogP contribution is 2.14. The van der Waals surface area contributed by atoms with Gasteiger partial charge in [0.05, 0.1) is 6.10 Å². The summed E-state index contributed by atoms with van der Waals surface area (Å²) in [6.45, 7) is 6.40. The summed E-state index contributed by atoms with van der Waals surface area (Å²) < 4.78 is 1.72. The molecule has 1 atom stereocenters. The molecule has 0 aliphatic heterocycles. The van der Waals surface area contributed by atoms with Crippen LogP contribution in [0.1, 0.15) is 55.7 Å². The number of aliphatic hydroxyl groups excluding tert-OH is 1. The van der Waals surface area contributed by atoms with Crippen LogP contribution in [-0.4, -0.2) is 33.4 Å². The number of nitrogens with zero attached hydrogens (tertiary/aromatic N) is 2.